The van der Waals surface area contributed by atoms with Crippen molar-refractivity contribution in [2.45, 2.75) is 45.8 Å². The molecule has 10 heteroatoms. The van der Waals surface area contributed by atoms with Gasteiger partial charge in [-0.25, -0.2) is 0 Å². The molecule has 1 aliphatic rings. The van der Waals surface area contributed by atoms with E-state index in [1.165, 1.54) is 11.8 Å². The van der Waals surface area contributed by atoms with Crippen molar-refractivity contribution in [1.29, 1.82) is 0 Å². The maximum atomic E-state index is 13.0. The summed E-state index contributed by atoms with van der Waals surface area (Å²) in [7, 11) is 1.84. The molecule has 0 saturated heterocycles. The highest BCUT2D eigenvalue weighted by Crippen LogP contribution is 2.33. The third-order valence-corrected chi connectivity index (χ3v) is 7.03. The number of benzene rings is 2. The molecule has 0 bridgehead atoms. The molecule has 0 radical (unpaired) electrons. The molecule has 1 aromatic heterocycles. The Morgan fingerprint density at radius 2 is 1.75 bits per heavy atom. The highest BCUT2D eigenvalue weighted by atomic mass is 32.2. The lowest BCUT2D eigenvalue weighted by Crippen LogP contribution is -2.33. The molecule has 190 valence electrons. The van der Waals surface area contributed by atoms with E-state index in [-0.39, 0.29) is 36.3 Å². The van der Waals surface area contributed by atoms with Gasteiger partial charge in [-0.05, 0) is 56.0 Å². The zero-order valence-corrected chi connectivity index (χ0v) is 22.2. The van der Waals surface area contributed by atoms with Crippen LogP contribution in [0.3, 0.4) is 0 Å². The Labute approximate surface area is 215 Å². The molecule has 2 aromatic carbocycles. The Balaban J connectivity index is 1.42. The lowest BCUT2D eigenvalue weighted by Gasteiger charge is -2.21. The van der Waals surface area contributed by atoms with Gasteiger partial charge in [0.25, 0.3) is 5.91 Å². The molecule has 4 rings (SSSR count). The molecule has 0 aliphatic carbocycles. The van der Waals surface area contributed by atoms with Crippen LogP contribution in [0.1, 0.15) is 52.8 Å². The first kappa shape index (κ1) is 25.6. The molecule has 2 amide bonds. The van der Waals surface area contributed by atoms with Gasteiger partial charge in [0.1, 0.15) is 0 Å². The number of aryl methyl sites for hydroxylation is 3. The molecular weight excluding hydrogens is 478 g/mol. The minimum absolute atomic E-state index is 0.0551. The molecule has 1 atom stereocenters. The number of aromatic nitrogens is 3. The standard InChI is InChI=1S/C26H31N5O4S/c1-14(2)22(28-25(33)18-7-8-19-20(11-18)35-13-34-19)24-29-30-26(31(24)6)36-12-21(32)27-23-16(4)9-15(3)10-17(23)5/h7-11,14,22H,12-13H2,1-6H3,(H,27,32)(H,28,33). The van der Waals surface area contributed by atoms with Crippen LogP contribution in [0, 0.1) is 26.7 Å². The van der Waals surface area contributed by atoms with E-state index in [1.807, 2.05) is 46.2 Å². The number of ether oxygens (including phenoxy) is 2. The van der Waals surface area contributed by atoms with Crippen molar-refractivity contribution in [2.75, 3.05) is 17.9 Å². The predicted molar refractivity (Wildman–Crippen MR) is 139 cm³/mol. The summed E-state index contributed by atoms with van der Waals surface area (Å²) in [5.74, 6) is 1.68. The molecule has 1 aliphatic heterocycles. The van der Waals surface area contributed by atoms with Crippen LogP contribution in [0.5, 0.6) is 11.5 Å². The minimum atomic E-state index is -0.374. The van der Waals surface area contributed by atoms with E-state index >= 15 is 0 Å². The summed E-state index contributed by atoms with van der Waals surface area (Å²) < 4.78 is 12.5. The maximum absolute atomic E-state index is 13.0. The van der Waals surface area contributed by atoms with Gasteiger partial charge in [-0.15, -0.1) is 10.2 Å². The van der Waals surface area contributed by atoms with E-state index in [4.69, 9.17) is 9.47 Å². The number of thioether (sulfide) groups is 1. The van der Waals surface area contributed by atoms with Crippen molar-refractivity contribution < 1.29 is 19.1 Å². The van der Waals surface area contributed by atoms with Crippen molar-refractivity contribution in [3.05, 3.63) is 58.4 Å². The molecular formula is C26H31N5O4S. The Kier molecular flexibility index (Phi) is 7.53. The SMILES string of the molecule is Cc1cc(C)c(NC(=O)CSc2nnc(C(NC(=O)c3ccc4c(c3)OCO4)C(C)C)n2C)c(C)c1. The molecule has 2 N–H and O–H groups in total. The third-order valence-electron chi connectivity index (χ3n) is 6.01. The lowest BCUT2D eigenvalue weighted by atomic mass is 10.0. The molecule has 0 spiro atoms. The Hall–Kier alpha value is -3.53. The molecule has 0 fully saturated rings. The molecule has 2 heterocycles. The second kappa shape index (κ2) is 10.6. The largest absolute Gasteiger partial charge is 0.454 e. The number of nitrogens with one attached hydrogen (secondary N) is 2. The van der Waals surface area contributed by atoms with Crippen LogP contribution in [0.4, 0.5) is 5.69 Å². The van der Waals surface area contributed by atoms with E-state index in [0.29, 0.717) is 28.0 Å². The maximum Gasteiger partial charge on any atom is 0.252 e. The number of hydrogen-bond acceptors (Lipinski definition) is 7. The van der Waals surface area contributed by atoms with Gasteiger partial charge in [0.15, 0.2) is 22.5 Å². The van der Waals surface area contributed by atoms with Crippen LogP contribution in [-0.4, -0.2) is 39.1 Å². The van der Waals surface area contributed by atoms with Crippen LogP contribution in [-0.2, 0) is 11.8 Å². The van der Waals surface area contributed by atoms with Crippen LogP contribution in [0.2, 0.25) is 0 Å². The highest BCUT2D eigenvalue weighted by molar-refractivity contribution is 7.99. The number of nitrogens with zero attached hydrogens (tertiary/aromatic N) is 3. The molecule has 36 heavy (non-hydrogen) atoms. The first-order valence-electron chi connectivity index (χ1n) is 11.7. The van der Waals surface area contributed by atoms with Crippen LogP contribution >= 0.6 is 11.8 Å². The summed E-state index contributed by atoms with van der Waals surface area (Å²) in [6, 6.07) is 8.82. The van der Waals surface area contributed by atoms with Crippen molar-refractivity contribution >= 4 is 29.3 Å². The summed E-state index contributed by atoms with van der Waals surface area (Å²) in [6.45, 7) is 10.2. The zero-order chi connectivity index (χ0) is 26.0. The summed E-state index contributed by atoms with van der Waals surface area (Å²) in [4.78, 5) is 25.6. The second-order valence-corrected chi connectivity index (χ2v) is 10.2. The molecule has 3 aromatic rings. The number of amides is 2. The van der Waals surface area contributed by atoms with E-state index < -0.39 is 0 Å². The summed E-state index contributed by atoms with van der Waals surface area (Å²) in [5.41, 5.74) is 4.54. The smallest absolute Gasteiger partial charge is 0.252 e. The predicted octanol–water partition coefficient (Wildman–Crippen LogP) is 4.33. The fourth-order valence-corrected chi connectivity index (χ4v) is 4.92. The van der Waals surface area contributed by atoms with E-state index in [1.54, 1.807) is 18.2 Å². The van der Waals surface area contributed by atoms with Gasteiger partial charge in [-0.2, -0.15) is 0 Å². The van der Waals surface area contributed by atoms with Gasteiger partial charge in [-0.3, -0.25) is 9.59 Å². The second-order valence-electron chi connectivity index (χ2n) is 9.27. The third kappa shape index (κ3) is 5.48. The van der Waals surface area contributed by atoms with Gasteiger partial charge < -0.3 is 24.7 Å². The molecule has 0 saturated carbocycles. The highest BCUT2D eigenvalue weighted by Gasteiger charge is 2.26. The van der Waals surface area contributed by atoms with Crippen molar-refractivity contribution in [3.63, 3.8) is 0 Å². The monoisotopic (exact) mass is 509 g/mol. The molecule has 1 unspecified atom stereocenters. The fourth-order valence-electron chi connectivity index (χ4n) is 4.20. The quantitative estimate of drug-likeness (QED) is 0.435. The Morgan fingerprint density at radius 1 is 1.06 bits per heavy atom. The zero-order valence-electron chi connectivity index (χ0n) is 21.3. The number of hydrogen-bond donors (Lipinski definition) is 2. The van der Waals surface area contributed by atoms with Crippen molar-refractivity contribution in [3.8, 4) is 11.5 Å². The van der Waals surface area contributed by atoms with Crippen LogP contribution in [0.15, 0.2) is 35.5 Å². The number of carbonyl (C=O) groups is 2. The van der Waals surface area contributed by atoms with Gasteiger partial charge in [0.2, 0.25) is 12.7 Å². The first-order chi connectivity index (χ1) is 17.1. The number of rotatable bonds is 8. The normalized spacial score (nSPS) is 13.1. The minimum Gasteiger partial charge on any atom is -0.454 e. The summed E-state index contributed by atoms with van der Waals surface area (Å²) >= 11 is 1.30. The summed E-state index contributed by atoms with van der Waals surface area (Å²) in [6.07, 6.45) is 0. The Bertz CT molecular complexity index is 1280. The van der Waals surface area contributed by atoms with E-state index in [9.17, 15) is 9.59 Å². The van der Waals surface area contributed by atoms with E-state index in [2.05, 4.69) is 33.0 Å². The van der Waals surface area contributed by atoms with Crippen molar-refractivity contribution in [1.82, 2.24) is 20.1 Å². The van der Waals surface area contributed by atoms with Gasteiger partial charge in [0.05, 0.1) is 11.8 Å². The van der Waals surface area contributed by atoms with Gasteiger partial charge in [-0.1, -0.05) is 43.3 Å². The molecule has 9 nitrogen and oxygen atoms in total. The van der Waals surface area contributed by atoms with Crippen LogP contribution in [0.25, 0.3) is 0 Å². The van der Waals surface area contributed by atoms with Gasteiger partial charge >= 0.3 is 0 Å². The first-order valence-corrected chi connectivity index (χ1v) is 12.7. The van der Waals surface area contributed by atoms with Crippen molar-refractivity contribution in [2.24, 2.45) is 13.0 Å². The average molecular weight is 510 g/mol. The number of anilines is 1. The number of fused-ring (bicyclic) bond motifs is 1. The number of carbonyl (C=O) groups excluding carboxylic acids is 2. The topological polar surface area (TPSA) is 107 Å². The average Bonchev–Trinajstić information content (AvgIpc) is 3.44. The summed E-state index contributed by atoms with van der Waals surface area (Å²) in [5, 5.41) is 15.3. The Morgan fingerprint density at radius 3 is 2.44 bits per heavy atom. The lowest BCUT2D eigenvalue weighted by molar-refractivity contribution is -0.113. The van der Waals surface area contributed by atoms with Gasteiger partial charge in [0, 0.05) is 18.3 Å². The van der Waals surface area contributed by atoms with E-state index in [0.717, 1.165) is 22.4 Å². The van der Waals surface area contributed by atoms with Crippen LogP contribution < -0.4 is 20.1 Å². The fraction of sp³-hybridized carbons (Fsp3) is 0.385.